The fraction of sp³-hybridized carbons (Fsp3) is 0.391. The van der Waals surface area contributed by atoms with Crippen molar-refractivity contribution in [2.24, 2.45) is 0 Å². The first-order chi connectivity index (χ1) is 14.6. The summed E-state index contributed by atoms with van der Waals surface area (Å²) in [5.41, 5.74) is 9.22. The standard InChI is InChI=1S/C23H29N5O2/c24-20-17-19(23(30)27-11-4-9-25-10-12-27)7-8-21(20)26-13-15-28(16-14-26)22(29)18-5-2-1-3-6-18/h1-3,5-8,17,25H,4,9-16,24H2. The van der Waals surface area contributed by atoms with Gasteiger partial charge in [0.15, 0.2) is 0 Å². The van der Waals surface area contributed by atoms with Crippen LogP contribution in [0.1, 0.15) is 27.1 Å². The van der Waals surface area contributed by atoms with E-state index < -0.39 is 0 Å². The molecule has 0 aliphatic carbocycles. The molecule has 7 nitrogen and oxygen atoms in total. The van der Waals surface area contributed by atoms with Crippen LogP contribution in [0.15, 0.2) is 48.5 Å². The lowest BCUT2D eigenvalue weighted by Gasteiger charge is -2.36. The molecule has 30 heavy (non-hydrogen) atoms. The van der Waals surface area contributed by atoms with Crippen molar-refractivity contribution in [2.75, 3.05) is 63.0 Å². The first-order valence-corrected chi connectivity index (χ1v) is 10.6. The molecule has 2 fully saturated rings. The minimum absolute atomic E-state index is 0.0372. The van der Waals surface area contributed by atoms with E-state index in [-0.39, 0.29) is 11.8 Å². The smallest absolute Gasteiger partial charge is 0.253 e. The molecule has 0 spiro atoms. The van der Waals surface area contributed by atoms with Crippen LogP contribution in [0, 0.1) is 0 Å². The van der Waals surface area contributed by atoms with Crippen LogP contribution in [0.4, 0.5) is 11.4 Å². The molecule has 3 N–H and O–H groups in total. The number of hydrogen-bond acceptors (Lipinski definition) is 5. The van der Waals surface area contributed by atoms with Crippen molar-refractivity contribution in [1.29, 1.82) is 0 Å². The number of rotatable bonds is 3. The average molecular weight is 408 g/mol. The van der Waals surface area contributed by atoms with E-state index in [4.69, 9.17) is 5.73 Å². The van der Waals surface area contributed by atoms with Crippen molar-refractivity contribution in [1.82, 2.24) is 15.1 Å². The summed E-state index contributed by atoms with van der Waals surface area (Å²) in [7, 11) is 0. The van der Waals surface area contributed by atoms with Crippen LogP contribution in [0.2, 0.25) is 0 Å². The summed E-state index contributed by atoms with van der Waals surface area (Å²) in [5.74, 6) is 0.103. The van der Waals surface area contributed by atoms with Gasteiger partial charge in [-0.3, -0.25) is 9.59 Å². The van der Waals surface area contributed by atoms with Crippen molar-refractivity contribution >= 4 is 23.2 Å². The maximum atomic E-state index is 12.8. The summed E-state index contributed by atoms with van der Waals surface area (Å²) in [6.07, 6.45) is 0.964. The van der Waals surface area contributed by atoms with Gasteiger partial charge in [-0.05, 0) is 43.3 Å². The van der Waals surface area contributed by atoms with Gasteiger partial charge in [0.1, 0.15) is 0 Å². The molecule has 0 saturated carbocycles. The monoisotopic (exact) mass is 407 g/mol. The highest BCUT2D eigenvalue weighted by Crippen LogP contribution is 2.26. The zero-order chi connectivity index (χ0) is 20.9. The molecular weight excluding hydrogens is 378 g/mol. The molecule has 2 heterocycles. The summed E-state index contributed by atoms with van der Waals surface area (Å²) >= 11 is 0. The third-order valence-corrected chi connectivity index (χ3v) is 5.83. The van der Waals surface area contributed by atoms with Crippen LogP contribution in [0.5, 0.6) is 0 Å². The number of benzene rings is 2. The second-order valence-corrected chi connectivity index (χ2v) is 7.81. The summed E-state index contributed by atoms with van der Waals surface area (Å²) in [6.45, 7) is 5.99. The van der Waals surface area contributed by atoms with E-state index in [0.29, 0.717) is 37.4 Å². The summed E-state index contributed by atoms with van der Waals surface area (Å²) in [4.78, 5) is 31.4. The van der Waals surface area contributed by atoms with Gasteiger partial charge in [0.2, 0.25) is 0 Å². The molecule has 0 bridgehead atoms. The Kier molecular flexibility index (Phi) is 6.18. The molecule has 158 valence electrons. The Balaban J connectivity index is 1.39. The highest BCUT2D eigenvalue weighted by molar-refractivity contribution is 5.96. The molecule has 2 saturated heterocycles. The van der Waals surface area contributed by atoms with Crippen LogP contribution in [-0.4, -0.2) is 74.0 Å². The molecule has 2 aliphatic rings. The predicted molar refractivity (Wildman–Crippen MR) is 119 cm³/mol. The normalized spacial score (nSPS) is 17.5. The van der Waals surface area contributed by atoms with Crippen molar-refractivity contribution in [3.05, 3.63) is 59.7 Å². The van der Waals surface area contributed by atoms with Crippen LogP contribution in [-0.2, 0) is 0 Å². The Morgan fingerprint density at radius 2 is 1.47 bits per heavy atom. The fourth-order valence-electron chi connectivity index (χ4n) is 4.12. The average Bonchev–Trinajstić information content (AvgIpc) is 3.08. The topological polar surface area (TPSA) is 81.9 Å². The van der Waals surface area contributed by atoms with E-state index in [0.717, 1.165) is 43.9 Å². The maximum absolute atomic E-state index is 12.8. The van der Waals surface area contributed by atoms with E-state index in [1.165, 1.54) is 0 Å². The molecule has 2 aromatic carbocycles. The highest BCUT2D eigenvalue weighted by Gasteiger charge is 2.24. The molecule has 0 aromatic heterocycles. The van der Waals surface area contributed by atoms with E-state index in [1.54, 1.807) is 6.07 Å². The number of nitrogen functional groups attached to an aromatic ring is 1. The number of nitrogens with zero attached hydrogens (tertiary/aromatic N) is 3. The fourth-order valence-corrected chi connectivity index (χ4v) is 4.12. The van der Waals surface area contributed by atoms with Crippen molar-refractivity contribution in [3.8, 4) is 0 Å². The van der Waals surface area contributed by atoms with Gasteiger partial charge in [0, 0.05) is 56.9 Å². The number of piperazine rings is 1. The molecule has 2 aromatic rings. The Bertz CT molecular complexity index is 886. The number of nitrogens with two attached hydrogens (primary N) is 1. The number of amides is 2. The van der Waals surface area contributed by atoms with Crippen LogP contribution in [0.3, 0.4) is 0 Å². The lowest BCUT2D eigenvalue weighted by molar-refractivity contribution is 0.0744. The quantitative estimate of drug-likeness (QED) is 0.757. The molecule has 0 radical (unpaired) electrons. The van der Waals surface area contributed by atoms with Crippen molar-refractivity contribution in [2.45, 2.75) is 6.42 Å². The van der Waals surface area contributed by atoms with E-state index >= 15 is 0 Å². The second-order valence-electron chi connectivity index (χ2n) is 7.81. The van der Waals surface area contributed by atoms with E-state index in [2.05, 4.69) is 10.2 Å². The SMILES string of the molecule is Nc1cc(C(=O)N2CCCNCC2)ccc1N1CCN(C(=O)c2ccccc2)CC1. The molecule has 0 atom stereocenters. The minimum Gasteiger partial charge on any atom is -0.397 e. The maximum Gasteiger partial charge on any atom is 0.253 e. The number of carbonyl (C=O) groups is 2. The Hall–Kier alpha value is -3.06. The second kappa shape index (κ2) is 9.17. The van der Waals surface area contributed by atoms with Crippen molar-refractivity contribution in [3.63, 3.8) is 0 Å². The Morgan fingerprint density at radius 1 is 0.767 bits per heavy atom. The Morgan fingerprint density at radius 3 is 2.20 bits per heavy atom. The first kappa shape index (κ1) is 20.2. The van der Waals surface area contributed by atoms with Gasteiger partial charge in [-0.2, -0.15) is 0 Å². The van der Waals surface area contributed by atoms with Crippen molar-refractivity contribution < 1.29 is 9.59 Å². The third kappa shape index (κ3) is 4.41. The Labute approximate surface area is 177 Å². The summed E-state index contributed by atoms with van der Waals surface area (Å²) in [6, 6.07) is 15.0. The lowest BCUT2D eigenvalue weighted by Crippen LogP contribution is -2.49. The lowest BCUT2D eigenvalue weighted by atomic mass is 10.1. The van der Waals surface area contributed by atoms with Gasteiger partial charge < -0.3 is 25.8 Å². The predicted octanol–water partition coefficient (Wildman–Crippen LogP) is 1.67. The van der Waals surface area contributed by atoms with Gasteiger partial charge >= 0.3 is 0 Å². The van der Waals surface area contributed by atoms with Crippen LogP contribution in [0.25, 0.3) is 0 Å². The third-order valence-electron chi connectivity index (χ3n) is 5.83. The number of anilines is 2. The summed E-state index contributed by atoms with van der Waals surface area (Å²) < 4.78 is 0. The van der Waals surface area contributed by atoms with Gasteiger partial charge in [0.05, 0.1) is 11.4 Å². The van der Waals surface area contributed by atoms with Gasteiger partial charge in [-0.25, -0.2) is 0 Å². The van der Waals surface area contributed by atoms with Crippen LogP contribution >= 0.6 is 0 Å². The number of hydrogen-bond donors (Lipinski definition) is 2. The zero-order valence-electron chi connectivity index (χ0n) is 17.2. The van der Waals surface area contributed by atoms with Gasteiger partial charge in [-0.1, -0.05) is 18.2 Å². The molecule has 0 unspecified atom stereocenters. The molecule has 4 rings (SSSR count). The largest absolute Gasteiger partial charge is 0.397 e. The van der Waals surface area contributed by atoms with Gasteiger partial charge in [0.25, 0.3) is 11.8 Å². The number of carbonyl (C=O) groups excluding carboxylic acids is 2. The first-order valence-electron chi connectivity index (χ1n) is 10.6. The molecule has 2 amide bonds. The zero-order valence-corrected chi connectivity index (χ0v) is 17.2. The number of nitrogens with one attached hydrogen (secondary N) is 1. The molecule has 2 aliphatic heterocycles. The minimum atomic E-state index is 0.0372. The van der Waals surface area contributed by atoms with E-state index in [9.17, 15) is 9.59 Å². The van der Waals surface area contributed by atoms with Gasteiger partial charge in [-0.15, -0.1) is 0 Å². The van der Waals surface area contributed by atoms with E-state index in [1.807, 2.05) is 52.3 Å². The molecule has 7 heteroatoms. The molecular formula is C23H29N5O2. The summed E-state index contributed by atoms with van der Waals surface area (Å²) in [5, 5.41) is 3.32. The highest BCUT2D eigenvalue weighted by atomic mass is 16.2. The van der Waals surface area contributed by atoms with Crippen LogP contribution < -0.4 is 16.0 Å².